The van der Waals surface area contributed by atoms with Gasteiger partial charge in [-0.25, -0.2) is 5.01 Å². The number of hydrogen-bond donors (Lipinski definition) is 1. The lowest BCUT2D eigenvalue weighted by molar-refractivity contribution is 0.0750. The molecule has 0 spiro atoms. The first-order valence-electron chi connectivity index (χ1n) is 6.00. The molecule has 92 valence electrons. The number of nitrogens with one attached hydrogen (secondary N) is 1. The van der Waals surface area contributed by atoms with Crippen LogP contribution < -0.4 is 5.43 Å². The molecule has 0 radical (unpaired) electrons. The number of alkyl halides is 1. The number of carbonyl (C=O) groups excluding carboxylic acids is 1. The van der Waals surface area contributed by atoms with Crippen LogP contribution in [0, 0.1) is 0 Å². The van der Waals surface area contributed by atoms with Crippen LogP contribution in [0.2, 0.25) is 0 Å². The Morgan fingerprint density at radius 1 is 1.29 bits per heavy atom. The molecule has 1 saturated heterocycles. The number of nitrogens with zero attached hydrogens (tertiary/aromatic N) is 1. The van der Waals surface area contributed by atoms with Gasteiger partial charge in [-0.2, -0.15) is 0 Å². The molecule has 0 atom stereocenters. The smallest absolute Gasteiger partial charge is 0.265 e. The van der Waals surface area contributed by atoms with Crippen molar-refractivity contribution in [3.05, 3.63) is 35.4 Å². The molecule has 1 amide bonds. The molecule has 1 heterocycles. The number of rotatable bonds is 3. The van der Waals surface area contributed by atoms with Crippen molar-refractivity contribution in [2.24, 2.45) is 0 Å². The van der Waals surface area contributed by atoms with Crippen LogP contribution in [-0.4, -0.2) is 24.0 Å². The highest BCUT2D eigenvalue weighted by Gasteiger charge is 2.13. The van der Waals surface area contributed by atoms with Gasteiger partial charge >= 0.3 is 0 Å². The molecule has 1 aromatic carbocycles. The first-order valence-corrected chi connectivity index (χ1v) is 6.54. The molecule has 4 heteroatoms. The maximum Gasteiger partial charge on any atom is 0.265 e. The van der Waals surface area contributed by atoms with Crippen molar-refractivity contribution in [1.29, 1.82) is 0 Å². The Hall–Kier alpha value is -1.06. The van der Waals surface area contributed by atoms with E-state index >= 15 is 0 Å². The minimum absolute atomic E-state index is 0.0427. The molecular weight excluding hydrogens is 236 g/mol. The summed E-state index contributed by atoms with van der Waals surface area (Å²) in [6, 6.07) is 7.44. The predicted molar refractivity (Wildman–Crippen MR) is 68.9 cm³/mol. The average Bonchev–Trinajstić information content (AvgIpc) is 2.40. The van der Waals surface area contributed by atoms with E-state index in [1.54, 1.807) is 0 Å². The molecule has 2 rings (SSSR count). The summed E-state index contributed by atoms with van der Waals surface area (Å²) in [5.41, 5.74) is 4.58. The Morgan fingerprint density at radius 3 is 2.76 bits per heavy atom. The first kappa shape index (κ1) is 12.4. The highest BCUT2D eigenvalue weighted by atomic mass is 35.5. The third-order valence-electron chi connectivity index (χ3n) is 2.96. The summed E-state index contributed by atoms with van der Waals surface area (Å²) in [7, 11) is 0. The lowest BCUT2D eigenvalue weighted by Crippen LogP contribution is -2.45. The van der Waals surface area contributed by atoms with Gasteiger partial charge in [0, 0.05) is 24.5 Å². The summed E-state index contributed by atoms with van der Waals surface area (Å²) in [6.07, 6.45) is 3.57. The van der Waals surface area contributed by atoms with E-state index in [9.17, 15) is 4.79 Å². The summed E-state index contributed by atoms with van der Waals surface area (Å²) >= 11 is 5.75. The Kier molecular flexibility index (Phi) is 4.40. The zero-order valence-corrected chi connectivity index (χ0v) is 10.5. The molecule has 0 bridgehead atoms. The summed E-state index contributed by atoms with van der Waals surface area (Å²) < 4.78 is 0. The topological polar surface area (TPSA) is 32.3 Å². The number of amides is 1. The highest BCUT2D eigenvalue weighted by molar-refractivity contribution is 6.17. The van der Waals surface area contributed by atoms with Gasteiger partial charge in [0.05, 0.1) is 0 Å². The zero-order chi connectivity index (χ0) is 12.1. The van der Waals surface area contributed by atoms with Gasteiger partial charge in [0.25, 0.3) is 5.91 Å². The third-order valence-corrected chi connectivity index (χ3v) is 3.27. The summed E-state index contributed by atoms with van der Waals surface area (Å²) in [5, 5.41) is 2.00. The molecule has 1 aliphatic heterocycles. The van der Waals surface area contributed by atoms with E-state index in [4.69, 9.17) is 11.6 Å². The Labute approximate surface area is 107 Å². The predicted octanol–water partition coefficient (Wildman–Crippen LogP) is 2.56. The standard InChI is InChI=1S/C13H17ClN2O/c14-10-11-5-4-6-12(9-11)13(17)15-16-7-2-1-3-8-16/h4-6,9H,1-3,7-8,10H2,(H,15,17). The van der Waals surface area contributed by atoms with Crippen LogP contribution >= 0.6 is 11.6 Å². The second-order valence-electron chi connectivity index (χ2n) is 4.32. The largest absolute Gasteiger partial charge is 0.285 e. The number of benzene rings is 1. The minimum atomic E-state index is -0.0427. The van der Waals surface area contributed by atoms with E-state index in [-0.39, 0.29) is 5.91 Å². The molecule has 0 saturated carbocycles. The van der Waals surface area contributed by atoms with Crippen LogP contribution in [0.1, 0.15) is 35.2 Å². The summed E-state index contributed by atoms with van der Waals surface area (Å²) in [5.74, 6) is 0.393. The van der Waals surface area contributed by atoms with Gasteiger partial charge in [-0.3, -0.25) is 10.2 Å². The first-order chi connectivity index (χ1) is 8.29. The number of carbonyl (C=O) groups is 1. The van der Waals surface area contributed by atoms with Crippen molar-refractivity contribution in [2.75, 3.05) is 13.1 Å². The molecule has 1 N–H and O–H groups in total. The van der Waals surface area contributed by atoms with Crippen LogP contribution in [0.4, 0.5) is 0 Å². The van der Waals surface area contributed by atoms with Gasteiger partial charge in [0.15, 0.2) is 0 Å². The Balaban J connectivity index is 1.98. The quantitative estimate of drug-likeness (QED) is 0.839. The number of piperidine rings is 1. The highest BCUT2D eigenvalue weighted by Crippen LogP contribution is 2.10. The zero-order valence-electron chi connectivity index (χ0n) is 9.79. The molecule has 0 unspecified atom stereocenters. The van der Waals surface area contributed by atoms with Crippen molar-refractivity contribution in [3.8, 4) is 0 Å². The molecule has 1 fully saturated rings. The molecule has 1 aliphatic rings. The maximum atomic E-state index is 12.0. The fraction of sp³-hybridized carbons (Fsp3) is 0.462. The van der Waals surface area contributed by atoms with E-state index in [1.165, 1.54) is 6.42 Å². The van der Waals surface area contributed by atoms with Gasteiger partial charge in [-0.15, -0.1) is 11.6 Å². The van der Waals surface area contributed by atoms with Crippen LogP contribution in [0.15, 0.2) is 24.3 Å². The minimum Gasteiger partial charge on any atom is -0.285 e. The average molecular weight is 253 g/mol. The van der Waals surface area contributed by atoms with Gasteiger partial charge in [-0.05, 0) is 30.5 Å². The van der Waals surface area contributed by atoms with E-state index < -0.39 is 0 Å². The van der Waals surface area contributed by atoms with Crippen molar-refractivity contribution < 1.29 is 4.79 Å². The van der Waals surface area contributed by atoms with Crippen molar-refractivity contribution in [1.82, 2.24) is 10.4 Å². The molecule has 17 heavy (non-hydrogen) atoms. The Morgan fingerprint density at radius 2 is 2.06 bits per heavy atom. The second kappa shape index (κ2) is 6.03. The van der Waals surface area contributed by atoms with E-state index in [2.05, 4.69) is 5.43 Å². The summed E-state index contributed by atoms with van der Waals surface area (Å²) in [6.45, 7) is 1.89. The van der Waals surface area contributed by atoms with Crippen molar-refractivity contribution in [2.45, 2.75) is 25.1 Å². The molecule has 0 aromatic heterocycles. The maximum absolute atomic E-state index is 12.0. The van der Waals surface area contributed by atoms with E-state index in [1.807, 2.05) is 29.3 Å². The molecular formula is C13H17ClN2O. The lowest BCUT2D eigenvalue weighted by atomic mass is 10.1. The Bertz CT molecular complexity index is 389. The van der Waals surface area contributed by atoms with Crippen LogP contribution in [-0.2, 0) is 5.88 Å². The van der Waals surface area contributed by atoms with Gasteiger partial charge in [0.2, 0.25) is 0 Å². The van der Waals surface area contributed by atoms with Crippen LogP contribution in [0.5, 0.6) is 0 Å². The third kappa shape index (κ3) is 3.45. The lowest BCUT2D eigenvalue weighted by Gasteiger charge is -2.26. The van der Waals surface area contributed by atoms with Gasteiger partial charge < -0.3 is 0 Å². The fourth-order valence-corrected chi connectivity index (χ4v) is 2.18. The molecule has 3 nitrogen and oxygen atoms in total. The van der Waals surface area contributed by atoms with Gasteiger partial charge in [0.1, 0.15) is 0 Å². The van der Waals surface area contributed by atoms with E-state index in [0.29, 0.717) is 11.4 Å². The van der Waals surface area contributed by atoms with Crippen molar-refractivity contribution in [3.63, 3.8) is 0 Å². The van der Waals surface area contributed by atoms with E-state index in [0.717, 1.165) is 31.5 Å². The second-order valence-corrected chi connectivity index (χ2v) is 4.59. The van der Waals surface area contributed by atoms with Crippen molar-refractivity contribution >= 4 is 17.5 Å². The summed E-state index contributed by atoms with van der Waals surface area (Å²) in [4.78, 5) is 12.0. The SMILES string of the molecule is O=C(NN1CCCCC1)c1cccc(CCl)c1. The van der Waals surface area contributed by atoms with Crippen LogP contribution in [0.25, 0.3) is 0 Å². The molecule has 0 aliphatic carbocycles. The van der Waals surface area contributed by atoms with Crippen LogP contribution in [0.3, 0.4) is 0 Å². The fourth-order valence-electron chi connectivity index (χ4n) is 2.01. The van der Waals surface area contributed by atoms with Gasteiger partial charge in [-0.1, -0.05) is 18.6 Å². The molecule has 1 aromatic rings. The monoisotopic (exact) mass is 252 g/mol. The normalized spacial score (nSPS) is 16.8. The number of hydrazine groups is 1. The number of hydrogen-bond acceptors (Lipinski definition) is 2. The number of halogens is 1.